The largest absolute Gasteiger partial charge is 0.465 e. The molecule has 0 rings (SSSR count). The van der Waals surface area contributed by atoms with Gasteiger partial charge >= 0.3 is 5.97 Å². The highest BCUT2D eigenvalue weighted by Crippen LogP contribution is 2.20. The Morgan fingerprint density at radius 3 is 1.50 bits per heavy atom. The first-order valence-electron chi connectivity index (χ1n) is 11.5. The fourth-order valence-corrected chi connectivity index (χ4v) is 5.36. The minimum absolute atomic E-state index is 0.0205. The molecule has 0 aromatic carbocycles. The summed E-state index contributed by atoms with van der Waals surface area (Å²) >= 11 is 0. The van der Waals surface area contributed by atoms with Gasteiger partial charge in [-0.1, -0.05) is 98.6 Å². The molecule has 10 heteroatoms. The Balaban J connectivity index is 0. The maximum absolute atomic E-state index is 11.2. The van der Waals surface area contributed by atoms with Gasteiger partial charge in [-0.05, 0) is 0 Å². The molecule has 192 valence electrons. The number of rotatable bonds is 18. The van der Waals surface area contributed by atoms with E-state index in [0.717, 1.165) is 42.6 Å². The lowest BCUT2D eigenvalue weighted by molar-refractivity contribution is -0.146. The second kappa shape index (κ2) is 24.4. The van der Waals surface area contributed by atoms with Crippen LogP contribution in [0, 0.1) is 11.8 Å². The van der Waals surface area contributed by atoms with Gasteiger partial charge in [0, 0.05) is 60.6 Å². The van der Waals surface area contributed by atoms with E-state index >= 15 is 0 Å². The zero-order valence-corrected chi connectivity index (χ0v) is 24.6. The number of amides is 1. The summed E-state index contributed by atoms with van der Waals surface area (Å²) < 4.78 is 5.06. The van der Waals surface area contributed by atoms with E-state index in [-0.39, 0.29) is 23.7 Å². The van der Waals surface area contributed by atoms with Crippen LogP contribution in [0.15, 0.2) is 0 Å². The van der Waals surface area contributed by atoms with E-state index in [1.807, 2.05) is 60.1 Å². The maximum Gasteiger partial charge on any atom is 0.308 e. The predicted octanol–water partition coefficient (Wildman–Crippen LogP) is 4.70. The van der Waals surface area contributed by atoms with Gasteiger partial charge < -0.3 is 20.7 Å². The molecule has 32 heavy (non-hydrogen) atoms. The van der Waals surface area contributed by atoms with Crippen LogP contribution >= 0.6 is 43.2 Å². The molecule has 0 bridgehead atoms. The van der Waals surface area contributed by atoms with Crippen molar-refractivity contribution in [2.24, 2.45) is 11.8 Å². The Bertz CT molecular complexity index is 414. The van der Waals surface area contributed by atoms with Crippen molar-refractivity contribution >= 4 is 55.1 Å². The molecular weight excluding hydrogens is 483 g/mol. The first-order chi connectivity index (χ1) is 15.1. The molecule has 1 amide bonds. The molecule has 0 unspecified atom stereocenters. The molecular formula is C22H47N3O3S4. The Morgan fingerprint density at radius 2 is 1.09 bits per heavy atom. The average molecular weight is 530 g/mol. The van der Waals surface area contributed by atoms with Gasteiger partial charge in [0.1, 0.15) is 6.61 Å². The molecule has 0 aliphatic carbocycles. The van der Waals surface area contributed by atoms with E-state index < -0.39 is 0 Å². The van der Waals surface area contributed by atoms with E-state index in [4.69, 9.17) is 4.74 Å². The quantitative estimate of drug-likeness (QED) is 0.133. The summed E-state index contributed by atoms with van der Waals surface area (Å²) in [6, 6.07) is 1.12. The van der Waals surface area contributed by atoms with Crippen molar-refractivity contribution in [3.05, 3.63) is 0 Å². The third-order valence-corrected chi connectivity index (χ3v) is 8.31. The van der Waals surface area contributed by atoms with Gasteiger partial charge in [0.15, 0.2) is 0 Å². The monoisotopic (exact) mass is 529 g/mol. The number of hydrogen-bond acceptors (Lipinski definition) is 9. The van der Waals surface area contributed by atoms with Crippen LogP contribution in [0.4, 0.5) is 0 Å². The number of hydrogen-bond donors (Lipinski definition) is 3. The Kier molecular flexibility index (Phi) is 26.2. The molecule has 0 aliphatic heterocycles. The van der Waals surface area contributed by atoms with Crippen LogP contribution in [0.3, 0.4) is 0 Å². The van der Waals surface area contributed by atoms with E-state index in [1.165, 1.54) is 0 Å². The third kappa shape index (κ3) is 28.3. The fourth-order valence-electron chi connectivity index (χ4n) is 1.78. The lowest BCUT2D eigenvalue weighted by atomic mass is 10.2. The van der Waals surface area contributed by atoms with Crippen molar-refractivity contribution in [3.8, 4) is 0 Å². The van der Waals surface area contributed by atoms with Gasteiger partial charge in [0.25, 0.3) is 0 Å². The first-order valence-corrected chi connectivity index (χ1v) is 16.4. The van der Waals surface area contributed by atoms with Crippen molar-refractivity contribution in [1.82, 2.24) is 16.0 Å². The SMILES string of the molecule is CC(C)NCCSSCCNC(=O)C(C)C.CC(C)NCCSSCCOC(=O)C(C)C. The second-order valence-electron chi connectivity index (χ2n) is 8.27. The molecule has 0 radical (unpaired) electrons. The molecule has 0 aliphatic rings. The molecule has 0 spiro atoms. The highest BCUT2D eigenvalue weighted by molar-refractivity contribution is 8.77. The molecule has 0 heterocycles. The third-order valence-electron chi connectivity index (χ3n) is 3.53. The summed E-state index contributed by atoms with van der Waals surface area (Å²) in [4.78, 5) is 22.3. The summed E-state index contributed by atoms with van der Waals surface area (Å²) in [5.41, 5.74) is 0. The maximum atomic E-state index is 11.2. The summed E-state index contributed by atoms with van der Waals surface area (Å²) in [5.74, 6) is 4.15. The summed E-state index contributed by atoms with van der Waals surface area (Å²) in [6.07, 6.45) is 0. The molecule has 0 saturated carbocycles. The molecule has 0 atom stereocenters. The number of esters is 1. The molecule has 0 aromatic heterocycles. The smallest absolute Gasteiger partial charge is 0.308 e. The summed E-state index contributed by atoms with van der Waals surface area (Å²) in [7, 11) is 7.25. The van der Waals surface area contributed by atoms with Crippen LogP contribution in [-0.4, -0.2) is 73.2 Å². The van der Waals surface area contributed by atoms with Crippen LogP contribution in [0.5, 0.6) is 0 Å². The molecule has 0 aromatic rings. The number of carbonyl (C=O) groups excluding carboxylic acids is 2. The van der Waals surface area contributed by atoms with Gasteiger partial charge in [-0.2, -0.15) is 0 Å². The highest BCUT2D eigenvalue weighted by atomic mass is 33.1. The Hall–Kier alpha value is 0.260. The summed E-state index contributed by atoms with van der Waals surface area (Å²) in [5, 5.41) is 9.62. The van der Waals surface area contributed by atoms with E-state index in [2.05, 4.69) is 43.6 Å². The van der Waals surface area contributed by atoms with Crippen LogP contribution in [-0.2, 0) is 14.3 Å². The Morgan fingerprint density at radius 1 is 0.656 bits per heavy atom. The van der Waals surface area contributed by atoms with Gasteiger partial charge in [0.2, 0.25) is 5.91 Å². The zero-order chi connectivity index (χ0) is 24.8. The van der Waals surface area contributed by atoms with E-state index in [9.17, 15) is 9.59 Å². The van der Waals surface area contributed by atoms with E-state index in [0.29, 0.717) is 18.7 Å². The minimum atomic E-state index is -0.105. The minimum Gasteiger partial charge on any atom is -0.465 e. The van der Waals surface area contributed by atoms with Crippen LogP contribution < -0.4 is 16.0 Å². The number of ether oxygens (including phenoxy) is 1. The zero-order valence-electron chi connectivity index (χ0n) is 21.3. The van der Waals surface area contributed by atoms with Crippen LogP contribution in [0.25, 0.3) is 0 Å². The summed E-state index contributed by atoms with van der Waals surface area (Å²) in [6.45, 7) is 19.5. The van der Waals surface area contributed by atoms with Crippen molar-refractivity contribution in [1.29, 1.82) is 0 Å². The van der Waals surface area contributed by atoms with Gasteiger partial charge in [-0.15, -0.1) is 0 Å². The molecule has 0 fully saturated rings. The van der Waals surface area contributed by atoms with Crippen LogP contribution in [0.2, 0.25) is 0 Å². The van der Waals surface area contributed by atoms with Crippen LogP contribution in [0.1, 0.15) is 55.4 Å². The standard InChI is InChI=1S/C11H24N2OS2.C11H23NO2S2/c1-9(2)11(14)13-6-8-16-15-7-5-12-10(3)4;1-9(2)11(13)14-6-8-16-15-7-5-12-10(3)4/h9-10,12H,5-8H2,1-4H3,(H,13,14);9-10,12H,5-8H2,1-4H3. The lowest BCUT2D eigenvalue weighted by Crippen LogP contribution is -2.29. The van der Waals surface area contributed by atoms with E-state index in [1.54, 1.807) is 10.8 Å². The number of carbonyl (C=O) groups is 2. The van der Waals surface area contributed by atoms with Crippen molar-refractivity contribution in [2.45, 2.75) is 67.5 Å². The van der Waals surface area contributed by atoms with Crippen molar-refractivity contribution in [3.63, 3.8) is 0 Å². The topological polar surface area (TPSA) is 79.5 Å². The predicted molar refractivity (Wildman–Crippen MR) is 150 cm³/mol. The fraction of sp³-hybridized carbons (Fsp3) is 0.909. The highest BCUT2D eigenvalue weighted by Gasteiger charge is 2.07. The Labute approximate surface area is 213 Å². The molecule has 6 nitrogen and oxygen atoms in total. The molecule has 3 N–H and O–H groups in total. The van der Waals surface area contributed by atoms with Crippen molar-refractivity contribution in [2.75, 3.05) is 49.3 Å². The second-order valence-corrected chi connectivity index (χ2v) is 13.7. The van der Waals surface area contributed by atoms with Crippen molar-refractivity contribution < 1.29 is 14.3 Å². The molecule has 0 saturated heterocycles. The van der Waals surface area contributed by atoms with Gasteiger partial charge in [0.05, 0.1) is 5.92 Å². The first kappa shape index (κ1) is 34.4. The van der Waals surface area contributed by atoms with Gasteiger partial charge in [-0.3, -0.25) is 9.59 Å². The normalized spacial score (nSPS) is 11.1. The average Bonchev–Trinajstić information content (AvgIpc) is 2.71. The number of nitrogens with one attached hydrogen (secondary N) is 3. The van der Waals surface area contributed by atoms with Gasteiger partial charge in [-0.25, -0.2) is 0 Å². The lowest BCUT2D eigenvalue weighted by Gasteiger charge is -2.08.